The molecule has 38 heavy (non-hydrogen) atoms. The zero-order valence-electron chi connectivity index (χ0n) is 25.7. The summed E-state index contributed by atoms with van der Waals surface area (Å²) in [5, 5.41) is 10.6. The van der Waals surface area contributed by atoms with Crippen molar-refractivity contribution >= 4 is 11.9 Å². The average molecular weight is 538 g/mol. The van der Waals surface area contributed by atoms with Crippen LogP contribution in [0.1, 0.15) is 200 Å². The molecule has 0 bridgehead atoms. The molecule has 226 valence electrons. The zero-order chi connectivity index (χ0) is 27.9. The van der Waals surface area contributed by atoms with Gasteiger partial charge in [-0.15, -0.1) is 0 Å². The lowest BCUT2D eigenvalue weighted by molar-refractivity contribution is -0.305. The molecule has 0 aromatic rings. The molecule has 0 aromatic carbocycles. The Morgan fingerprint density at radius 3 is 1.18 bits per heavy atom. The van der Waals surface area contributed by atoms with Crippen molar-refractivity contribution in [2.24, 2.45) is 0 Å². The summed E-state index contributed by atoms with van der Waals surface area (Å²) in [6, 6.07) is 0. The predicted octanol–water partition coefficient (Wildman–Crippen LogP) is 10.0. The fourth-order valence-electron chi connectivity index (χ4n) is 5.29. The maximum absolute atomic E-state index is 12.5. The molecular formula is C34H65O4-. The van der Waals surface area contributed by atoms with E-state index >= 15 is 0 Å². The van der Waals surface area contributed by atoms with Crippen LogP contribution in [-0.2, 0) is 14.3 Å². The molecule has 0 saturated heterocycles. The molecule has 1 unspecified atom stereocenters. The predicted molar refractivity (Wildman–Crippen MR) is 160 cm³/mol. The molecule has 0 amide bonds. The van der Waals surface area contributed by atoms with E-state index in [-0.39, 0.29) is 18.5 Å². The first-order valence-electron chi connectivity index (χ1n) is 17.0. The molecule has 0 aliphatic carbocycles. The molecular weight excluding hydrogens is 472 g/mol. The molecule has 0 rings (SSSR count). The first-order chi connectivity index (χ1) is 18.6. The number of esters is 1. The fourth-order valence-corrected chi connectivity index (χ4v) is 5.29. The summed E-state index contributed by atoms with van der Waals surface area (Å²) < 4.78 is 5.89. The summed E-state index contributed by atoms with van der Waals surface area (Å²) in [5.74, 6) is -1.01. The van der Waals surface area contributed by atoms with Crippen LogP contribution in [0.15, 0.2) is 0 Å². The van der Waals surface area contributed by atoms with Crippen molar-refractivity contribution in [3.63, 3.8) is 0 Å². The summed E-state index contributed by atoms with van der Waals surface area (Å²) >= 11 is 0. The number of carboxylic acids is 1. The van der Waals surface area contributed by atoms with Gasteiger partial charge in [-0.1, -0.05) is 149 Å². The van der Waals surface area contributed by atoms with E-state index in [1.807, 2.05) is 0 Å². The third kappa shape index (κ3) is 29.5. The van der Waals surface area contributed by atoms with Crippen molar-refractivity contribution in [1.29, 1.82) is 0 Å². The third-order valence-electron chi connectivity index (χ3n) is 7.82. The van der Waals surface area contributed by atoms with Crippen LogP contribution >= 0.6 is 0 Å². The third-order valence-corrected chi connectivity index (χ3v) is 7.82. The van der Waals surface area contributed by atoms with Crippen LogP contribution in [0.3, 0.4) is 0 Å². The molecule has 0 aromatic heterocycles. The standard InChI is InChI=1S/C34H66O4/c1-3-5-7-9-11-13-14-15-16-18-20-22-27-31-34(37)38-32(29-25-23-26-30-33(35)36)28-24-21-19-17-12-10-8-6-4-2/h32H,3-31H2,1-2H3,(H,35,36)/p-1. The van der Waals surface area contributed by atoms with E-state index in [1.54, 1.807) is 0 Å². The van der Waals surface area contributed by atoms with Crippen LogP contribution in [-0.4, -0.2) is 18.0 Å². The highest BCUT2D eigenvalue weighted by molar-refractivity contribution is 5.69. The summed E-state index contributed by atoms with van der Waals surface area (Å²) in [4.78, 5) is 23.1. The van der Waals surface area contributed by atoms with Crippen LogP contribution in [0.25, 0.3) is 0 Å². The summed E-state index contributed by atoms with van der Waals surface area (Å²) in [5.41, 5.74) is 0. The van der Waals surface area contributed by atoms with Gasteiger partial charge in [-0.25, -0.2) is 0 Å². The first kappa shape index (κ1) is 36.9. The Kier molecular flexibility index (Phi) is 29.6. The van der Waals surface area contributed by atoms with Gasteiger partial charge in [0, 0.05) is 12.4 Å². The summed E-state index contributed by atoms with van der Waals surface area (Å²) in [6.07, 6.45) is 33.5. The smallest absolute Gasteiger partial charge is 0.306 e. The molecule has 0 fully saturated rings. The van der Waals surface area contributed by atoms with Gasteiger partial charge in [0.2, 0.25) is 0 Å². The average Bonchev–Trinajstić information content (AvgIpc) is 2.89. The second-order valence-corrected chi connectivity index (χ2v) is 11.7. The number of ether oxygens (including phenoxy) is 1. The van der Waals surface area contributed by atoms with E-state index in [4.69, 9.17) is 4.74 Å². The Labute approximate surface area is 237 Å². The van der Waals surface area contributed by atoms with Crippen LogP contribution in [0.5, 0.6) is 0 Å². The van der Waals surface area contributed by atoms with Crippen LogP contribution in [0, 0.1) is 0 Å². The molecule has 4 heteroatoms. The van der Waals surface area contributed by atoms with Crippen LogP contribution in [0.4, 0.5) is 0 Å². The number of hydrogen-bond acceptors (Lipinski definition) is 4. The van der Waals surface area contributed by atoms with Crippen molar-refractivity contribution in [3.8, 4) is 0 Å². The van der Waals surface area contributed by atoms with E-state index < -0.39 is 5.97 Å². The highest BCUT2D eigenvalue weighted by Crippen LogP contribution is 2.18. The Hall–Kier alpha value is -1.06. The number of carbonyl (C=O) groups is 2. The van der Waals surface area contributed by atoms with E-state index in [1.165, 1.54) is 122 Å². The fraction of sp³-hybridized carbons (Fsp3) is 0.941. The number of rotatable bonds is 31. The van der Waals surface area contributed by atoms with Gasteiger partial charge in [0.1, 0.15) is 6.10 Å². The largest absolute Gasteiger partial charge is 0.550 e. The highest BCUT2D eigenvalue weighted by atomic mass is 16.5. The molecule has 0 aliphatic rings. The molecule has 0 radical (unpaired) electrons. The lowest BCUT2D eigenvalue weighted by Crippen LogP contribution is -2.21. The Bertz CT molecular complexity index is 505. The van der Waals surface area contributed by atoms with Crippen molar-refractivity contribution < 1.29 is 19.4 Å². The van der Waals surface area contributed by atoms with Crippen molar-refractivity contribution in [3.05, 3.63) is 0 Å². The van der Waals surface area contributed by atoms with Crippen LogP contribution < -0.4 is 5.11 Å². The lowest BCUT2D eigenvalue weighted by Gasteiger charge is -2.18. The normalized spacial score (nSPS) is 12.1. The van der Waals surface area contributed by atoms with Crippen molar-refractivity contribution in [2.75, 3.05) is 0 Å². The van der Waals surface area contributed by atoms with E-state index in [9.17, 15) is 14.7 Å². The van der Waals surface area contributed by atoms with E-state index in [0.29, 0.717) is 12.8 Å². The molecule has 1 atom stereocenters. The van der Waals surface area contributed by atoms with Gasteiger partial charge in [0.05, 0.1) is 0 Å². The topological polar surface area (TPSA) is 66.4 Å². The van der Waals surface area contributed by atoms with Crippen molar-refractivity contribution in [1.82, 2.24) is 0 Å². The van der Waals surface area contributed by atoms with E-state index in [0.717, 1.165) is 44.9 Å². The first-order valence-corrected chi connectivity index (χ1v) is 17.0. The van der Waals surface area contributed by atoms with Gasteiger partial charge in [-0.2, -0.15) is 0 Å². The molecule has 0 N–H and O–H groups in total. The zero-order valence-corrected chi connectivity index (χ0v) is 25.7. The lowest BCUT2D eigenvalue weighted by atomic mass is 10.0. The Morgan fingerprint density at radius 1 is 0.474 bits per heavy atom. The molecule has 0 heterocycles. The van der Waals surface area contributed by atoms with Gasteiger partial charge in [-0.3, -0.25) is 4.79 Å². The summed E-state index contributed by atoms with van der Waals surface area (Å²) in [7, 11) is 0. The minimum atomic E-state index is -0.972. The number of aliphatic carboxylic acids is 1. The molecule has 0 saturated carbocycles. The van der Waals surface area contributed by atoms with E-state index in [2.05, 4.69) is 13.8 Å². The van der Waals surface area contributed by atoms with Gasteiger partial charge in [0.15, 0.2) is 0 Å². The van der Waals surface area contributed by atoms with Crippen LogP contribution in [0.2, 0.25) is 0 Å². The highest BCUT2D eigenvalue weighted by Gasteiger charge is 2.14. The van der Waals surface area contributed by atoms with Crippen molar-refractivity contribution in [2.45, 2.75) is 206 Å². The number of carbonyl (C=O) groups excluding carboxylic acids is 2. The van der Waals surface area contributed by atoms with Gasteiger partial charge >= 0.3 is 5.97 Å². The van der Waals surface area contributed by atoms with Gasteiger partial charge < -0.3 is 14.6 Å². The number of carboxylic acid groups (broad SMARTS) is 1. The Morgan fingerprint density at radius 2 is 0.789 bits per heavy atom. The number of unbranched alkanes of at least 4 members (excludes halogenated alkanes) is 22. The monoisotopic (exact) mass is 537 g/mol. The molecule has 0 spiro atoms. The number of hydrogen-bond donors (Lipinski definition) is 0. The quantitative estimate of drug-likeness (QED) is 0.0651. The molecule has 0 aliphatic heterocycles. The second kappa shape index (κ2) is 30.5. The maximum Gasteiger partial charge on any atom is 0.306 e. The summed E-state index contributed by atoms with van der Waals surface area (Å²) in [6.45, 7) is 4.53. The minimum absolute atomic E-state index is 0.00280. The Balaban J connectivity index is 3.92. The second-order valence-electron chi connectivity index (χ2n) is 11.7. The minimum Gasteiger partial charge on any atom is -0.550 e. The maximum atomic E-state index is 12.5. The SMILES string of the molecule is CCCCCCCCCCCCCCCC(=O)OC(CCCCCCCCCCC)CCCCCC(=O)[O-]. The molecule has 4 nitrogen and oxygen atoms in total. The van der Waals surface area contributed by atoms with Gasteiger partial charge in [-0.05, 0) is 44.9 Å². The van der Waals surface area contributed by atoms with Gasteiger partial charge in [0.25, 0.3) is 0 Å².